The van der Waals surface area contributed by atoms with Gasteiger partial charge in [-0.05, 0) is 12.1 Å². The summed E-state index contributed by atoms with van der Waals surface area (Å²) in [7, 11) is 0. The number of hydrazine groups is 1. The van der Waals surface area contributed by atoms with Crippen LogP contribution in [0.1, 0.15) is 14.5 Å². The third-order valence-corrected chi connectivity index (χ3v) is 3.20. The van der Waals surface area contributed by atoms with Crippen molar-refractivity contribution in [3.8, 4) is 0 Å². The van der Waals surface area contributed by atoms with Crippen LogP contribution in [0.25, 0.3) is 0 Å². The van der Waals surface area contributed by atoms with E-state index in [1.54, 1.807) is 23.1 Å². The normalized spacial score (nSPS) is 10.4. The minimum Gasteiger partial charge on any atom is -0.289 e. The maximum Gasteiger partial charge on any atom is 0.275 e. The van der Waals surface area contributed by atoms with Gasteiger partial charge < -0.3 is 0 Å². The Morgan fingerprint density at radius 3 is 3.06 bits per heavy atom. The first-order valence-corrected chi connectivity index (χ1v) is 5.66. The van der Waals surface area contributed by atoms with Gasteiger partial charge in [0.1, 0.15) is 0 Å². The topological polar surface area (TPSA) is 72.9 Å². The van der Waals surface area contributed by atoms with Crippen LogP contribution in [-0.2, 0) is 6.54 Å². The van der Waals surface area contributed by atoms with Gasteiger partial charge in [-0.3, -0.25) is 14.9 Å². The molecule has 0 aromatic carbocycles. The van der Waals surface area contributed by atoms with Crippen molar-refractivity contribution in [1.82, 2.24) is 15.2 Å². The molecule has 0 spiro atoms. The summed E-state index contributed by atoms with van der Waals surface area (Å²) >= 11 is 7.12. The van der Waals surface area contributed by atoms with Crippen LogP contribution in [0.5, 0.6) is 0 Å². The minimum absolute atomic E-state index is 0.283. The van der Waals surface area contributed by atoms with Gasteiger partial charge in [0, 0.05) is 11.1 Å². The second-order valence-corrected chi connectivity index (χ2v) is 4.70. The maximum atomic E-state index is 11.2. The number of hydrogen-bond acceptors (Lipinski definition) is 4. The summed E-state index contributed by atoms with van der Waals surface area (Å²) in [6.45, 7) is 0.592. The second-order valence-electron chi connectivity index (χ2n) is 3.10. The molecule has 16 heavy (non-hydrogen) atoms. The van der Waals surface area contributed by atoms with E-state index in [4.69, 9.17) is 17.4 Å². The lowest BCUT2D eigenvalue weighted by Crippen LogP contribution is -2.29. The highest BCUT2D eigenvalue weighted by molar-refractivity contribution is 7.14. The van der Waals surface area contributed by atoms with E-state index >= 15 is 0 Å². The van der Waals surface area contributed by atoms with Gasteiger partial charge in [-0.2, -0.15) is 5.10 Å². The van der Waals surface area contributed by atoms with Crippen LogP contribution in [-0.4, -0.2) is 15.7 Å². The Labute approximate surface area is 101 Å². The van der Waals surface area contributed by atoms with Gasteiger partial charge in [-0.25, -0.2) is 5.84 Å². The molecule has 0 saturated carbocycles. The van der Waals surface area contributed by atoms with Gasteiger partial charge in [-0.15, -0.1) is 11.3 Å². The number of hydrogen-bond donors (Lipinski definition) is 2. The standard InChI is InChI=1S/C9H9ClN4OS/c10-6-3-12-14(4-6)5-7-1-2-8(16-7)9(15)13-11/h1-4H,5,11H2,(H,13,15). The molecule has 5 nitrogen and oxygen atoms in total. The number of nitrogens with zero attached hydrogens (tertiary/aromatic N) is 2. The van der Waals surface area contributed by atoms with Crippen LogP contribution in [0.2, 0.25) is 5.02 Å². The van der Waals surface area contributed by atoms with Gasteiger partial charge in [-0.1, -0.05) is 11.6 Å². The third kappa shape index (κ3) is 2.41. The Morgan fingerprint density at radius 2 is 2.44 bits per heavy atom. The van der Waals surface area contributed by atoms with Gasteiger partial charge in [0.05, 0.1) is 22.6 Å². The van der Waals surface area contributed by atoms with E-state index in [0.29, 0.717) is 16.4 Å². The number of nitrogens with one attached hydrogen (secondary N) is 1. The van der Waals surface area contributed by atoms with Crippen LogP contribution in [0.3, 0.4) is 0 Å². The molecule has 84 valence electrons. The SMILES string of the molecule is NNC(=O)c1ccc(Cn2cc(Cl)cn2)s1. The van der Waals surface area contributed by atoms with E-state index in [9.17, 15) is 4.79 Å². The van der Waals surface area contributed by atoms with Gasteiger partial charge >= 0.3 is 0 Å². The van der Waals surface area contributed by atoms with Gasteiger partial charge in [0.15, 0.2) is 0 Å². The van der Waals surface area contributed by atoms with Crippen LogP contribution in [0, 0.1) is 0 Å². The van der Waals surface area contributed by atoms with E-state index < -0.39 is 0 Å². The molecular formula is C9H9ClN4OS. The van der Waals surface area contributed by atoms with Crippen molar-refractivity contribution in [3.63, 3.8) is 0 Å². The van der Waals surface area contributed by atoms with Crippen LogP contribution < -0.4 is 11.3 Å². The number of halogens is 1. The number of amides is 1. The highest BCUT2D eigenvalue weighted by Gasteiger charge is 2.07. The molecule has 0 aliphatic rings. The predicted molar refractivity (Wildman–Crippen MR) is 62.3 cm³/mol. The lowest BCUT2D eigenvalue weighted by atomic mass is 10.4. The van der Waals surface area contributed by atoms with Crippen molar-refractivity contribution in [2.75, 3.05) is 0 Å². The number of thiophene rings is 1. The average molecular weight is 257 g/mol. The summed E-state index contributed by atoms with van der Waals surface area (Å²) in [5.74, 6) is 4.76. The Balaban J connectivity index is 2.11. The number of carbonyl (C=O) groups excluding carboxylic acids is 1. The summed E-state index contributed by atoms with van der Waals surface area (Å²) in [6, 6.07) is 3.60. The van der Waals surface area contributed by atoms with Gasteiger partial charge in [0.2, 0.25) is 0 Å². The first kappa shape index (κ1) is 11.1. The Kier molecular flexibility index (Phi) is 3.23. The first-order chi connectivity index (χ1) is 7.69. The predicted octanol–water partition coefficient (Wildman–Crippen LogP) is 1.25. The fraction of sp³-hybridized carbons (Fsp3) is 0.111. The molecule has 0 unspecified atom stereocenters. The highest BCUT2D eigenvalue weighted by atomic mass is 35.5. The number of aromatic nitrogens is 2. The van der Waals surface area contributed by atoms with Crippen molar-refractivity contribution in [1.29, 1.82) is 0 Å². The molecule has 0 atom stereocenters. The van der Waals surface area contributed by atoms with Crippen molar-refractivity contribution in [2.24, 2.45) is 5.84 Å². The molecule has 0 aliphatic heterocycles. The highest BCUT2D eigenvalue weighted by Crippen LogP contribution is 2.17. The molecule has 2 aromatic rings. The smallest absolute Gasteiger partial charge is 0.275 e. The number of carbonyl (C=O) groups is 1. The molecule has 0 saturated heterocycles. The summed E-state index contributed by atoms with van der Waals surface area (Å²) in [6.07, 6.45) is 3.30. The molecule has 2 heterocycles. The molecule has 0 radical (unpaired) electrons. The largest absolute Gasteiger partial charge is 0.289 e. The van der Waals surface area contributed by atoms with Gasteiger partial charge in [0.25, 0.3) is 5.91 Å². The zero-order valence-electron chi connectivity index (χ0n) is 8.18. The summed E-state index contributed by atoms with van der Waals surface area (Å²) in [4.78, 5) is 12.8. The summed E-state index contributed by atoms with van der Waals surface area (Å²) < 4.78 is 1.71. The van der Waals surface area contributed by atoms with Crippen LogP contribution in [0.4, 0.5) is 0 Å². The summed E-state index contributed by atoms with van der Waals surface area (Å²) in [5, 5.41) is 4.65. The van der Waals surface area contributed by atoms with E-state index in [0.717, 1.165) is 4.88 Å². The maximum absolute atomic E-state index is 11.2. The van der Waals surface area contributed by atoms with E-state index in [1.807, 2.05) is 6.07 Å². The zero-order chi connectivity index (χ0) is 11.5. The lowest BCUT2D eigenvalue weighted by molar-refractivity contribution is 0.0957. The fourth-order valence-corrected chi connectivity index (χ4v) is 2.30. The average Bonchev–Trinajstić information content (AvgIpc) is 2.87. The molecule has 0 aliphatic carbocycles. The molecule has 7 heteroatoms. The quantitative estimate of drug-likeness (QED) is 0.493. The molecule has 2 aromatic heterocycles. The number of nitrogens with two attached hydrogens (primary N) is 1. The third-order valence-electron chi connectivity index (χ3n) is 1.94. The Morgan fingerprint density at radius 1 is 1.62 bits per heavy atom. The van der Waals surface area contributed by atoms with Crippen LogP contribution in [0.15, 0.2) is 24.5 Å². The molecule has 0 bridgehead atoms. The Hall–Kier alpha value is -1.37. The van der Waals surface area contributed by atoms with Crippen molar-refractivity contribution >= 4 is 28.8 Å². The van der Waals surface area contributed by atoms with E-state index in [2.05, 4.69) is 10.5 Å². The van der Waals surface area contributed by atoms with Crippen molar-refractivity contribution < 1.29 is 4.79 Å². The minimum atomic E-state index is -0.283. The Bertz CT molecular complexity index is 507. The molecule has 0 fully saturated rings. The fourth-order valence-electron chi connectivity index (χ4n) is 1.24. The van der Waals surface area contributed by atoms with Crippen molar-refractivity contribution in [2.45, 2.75) is 6.54 Å². The number of rotatable bonds is 3. The number of nitrogen functional groups attached to an aromatic ring is 1. The first-order valence-electron chi connectivity index (χ1n) is 4.46. The summed E-state index contributed by atoms with van der Waals surface area (Å²) in [5.41, 5.74) is 2.09. The zero-order valence-corrected chi connectivity index (χ0v) is 9.76. The van der Waals surface area contributed by atoms with Crippen molar-refractivity contribution in [3.05, 3.63) is 39.3 Å². The van der Waals surface area contributed by atoms with Crippen LogP contribution >= 0.6 is 22.9 Å². The van der Waals surface area contributed by atoms with E-state index in [-0.39, 0.29) is 5.91 Å². The van der Waals surface area contributed by atoms with E-state index in [1.165, 1.54) is 11.3 Å². The molecular weight excluding hydrogens is 248 g/mol. The lowest BCUT2D eigenvalue weighted by Gasteiger charge is -1.97. The molecule has 2 rings (SSSR count). The molecule has 3 N–H and O–H groups in total. The molecule has 1 amide bonds. The second kappa shape index (κ2) is 4.65. The monoisotopic (exact) mass is 256 g/mol.